The first-order valence-electron chi connectivity index (χ1n) is 13.1. The molecule has 2 aromatic heterocycles. The van der Waals surface area contributed by atoms with Gasteiger partial charge in [0.1, 0.15) is 0 Å². The first-order chi connectivity index (χ1) is 18.5. The van der Waals surface area contributed by atoms with Crippen LogP contribution in [0.15, 0.2) is 92.0 Å². The van der Waals surface area contributed by atoms with Gasteiger partial charge in [-0.2, -0.15) is 0 Å². The number of aromatic nitrogens is 4. The number of imidazole rings is 2. The summed E-state index contributed by atoms with van der Waals surface area (Å²) in [5.41, 5.74) is 5.02. The molecule has 0 saturated carbocycles. The van der Waals surface area contributed by atoms with Crippen molar-refractivity contribution in [2.24, 2.45) is 0 Å². The van der Waals surface area contributed by atoms with Crippen LogP contribution >= 0.6 is 0 Å². The monoisotopic (exact) mass is 510 g/mol. The van der Waals surface area contributed by atoms with Crippen molar-refractivity contribution in [1.29, 1.82) is 0 Å². The van der Waals surface area contributed by atoms with Gasteiger partial charge in [0, 0.05) is 62.7 Å². The molecule has 4 heterocycles. The lowest BCUT2D eigenvalue weighted by molar-refractivity contribution is -0.133. The van der Waals surface area contributed by atoms with Gasteiger partial charge < -0.3 is 24.5 Å². The third-order valence-electron chi connectivity index (χ3n) is 7.35. The molecule has 2 aromatic carbocycles. The molecule has 0 spiro atoms. The van der Waals surface area contributed by atoms with E-state index in [4.69, 9.17) is 0 Å². The second kappa shape index (κ2) is 11.6. The fourth-order valence-corrected chi connectivity index (χ4v) is 4.98. The molecule has 1 amide bonds. The minimum atomic E-state index is -0.834. The lowest BCUT2D eigenvalue weighted by Gasteiger charge is -2.38. The molecule has 4 aromatic rings. The number of benzene rings is 2. The second-order valence-corrected chi connectivity index (χ2v) is 9.75. The molecule has 2 aliphatic heterocycles. The SMILES string of the molecule is C1=C(c2ccc(-n3ccnc3)cc2)CCNC1.CC(=O)N1CCC(O)(c2ccc(-n3ccnc3)cc2)CC1. The van der Waals surface area contributed by atoms with Crippen LogP contribution in [-0.4, -0.2) is 61.2 Å². The summed E-state index contributed by atoms with van der Waals surface area (Å²) in [5.74, 6) is 0.0764. The minimum absolute atomic E-state index is 0.0764. The van der Waals surface area contributed by atoms with Crippen molar-refractivity contribution < 1.29 is 9.90 Å². The Hall–Kier alpha value is -4.01. The highest BCUT2D eigenvalue weighted by Crippen LogP contribution is 2.33. The molecule has 8 heteroatoms. The fourth-order valence-electron chi connectivity index (χ4n) is 4.98. The number of aliphatic hydroxyl groups is 1. The summed E-state index contributed by atoms with van der Waals surface area (Å²) in [6.45, 7) is 4.85. The molecular weight excluding hydrogens is 476 g/mol. The van der Waals surface area contributed by atoms with E-state index >= 15 is 0 Å². The van der Waals surface area contributed by atoms with E-state index in [1.54, 1.807) is 30.5 Å². The van der Waals surface area contributed by atoms with Crippen LogP contribution in [0.4, 0.5) is 0 Å². The molecule has 38 heavy (non-hydrogen) atoms. The largest absolute Gasteiger partial charge is 0.385 e. The third kappa shape index (κ3) is 5.93. The van der Waals surface area contributed by atoms with Gasteiger partial charge in [-0.05, 0) is 66.8 Å². The van der Waals surface area contributed by atoms with E-state index in [1.165, 1.54) is 11.1 Å². The van der Waals surface area contributed by atoms with Crippen molar-refractivity contribution in [2.75, 3.05) is 26.2 Å². The summed E-state index contributed by atoms with van der Waals surface area (Å²) in [5, 5.41) is 14.1. The van der Waals surface area contributed by atoms with Gasteiger partial charge in [-0.1, -0.05) is 30.3 Å². The zero-order chi connectivity index (χ0) is 26.4. The summed E-state index contributed by atoms with van der Waals surface area (Å²) >= 11 is 0. The number of amides is 1. The van der Waals surface area contributed by atoms with Crippen LogP contribution in [0, 0.1) is 0 Å². The summed E-state index contributed by atoms with van der Waals surface area (Å²) in [6.07, 6.45) is 15.5. The Morgan fingerprint density at radius 1 is 0.895 bits per heavy atom. The van der Waals surface area contributed by atoms with Gasteiger partial charge in [0.25, 0.3) is 0 Å². The van der Waals surface area contributed by atoms with Crippen molar-refractivity contribution >= 4 is 11.5 Å². The number of likely N-dealkylation sites (tertiary alicyclic amines) is 1. The number of carbonyl (C=O) groups excluding carboxylic acids is 1. The Morgan fingerprint density at radius 3 is 1.95 bits per heavy atom. The number of nitrogens with one attached hydrogen (secondary N) is 1. The van der Waals surface area contributed by atoms with E-state index in [1.807, 2.05) is 52.1 Å². The molecule has 2 N–H and O–H groups in total. The van der Waals surface area contributed by atoms with Crippen LogP contribution in [0.25, 0.3) is 16.9 Å². The molecule has 1 fully saturated rings. The maximum atomic E-state index is 11.4. The van der Waals surface area contributed by atoms with Crippen molar-refractivity contribution in [3.8, 4) is 11.4 Å². The van der Waals surface area contributed by atoms with Gasteiger partial charge in [0.15, 0.2) is 0 Å². The molecule has 0 atom stereocenters. The maximum absolute atomic E-state index is 11.4. The van der Waals surface area contributed by atoms with E-state index in [2.05, 4.69) is 45.6 Å². The summed E-state index contributed by atoms with van der Waals surface area (Å²) < 4.78 is 3.94. The number of hydrogen-bond donors (Lipinski definition) is 2. The first-order valence-corrected chi connectivity index (χ1v) is 13.1. The Bertz CT molecular complexity index is 1340. The average Bonchev–Trinajstić information content (AvgIpc) is 3.70. The van der Waals surface area contributed by atoms with Crippen LogP contribution in [-0.2, 0) is 10.4 Å². The van der Waals surface area contributed by atoms with Crippen LogP contribution in [0.5, 0.6) is 0 Å². The zero-order valence-electron chi connectivity index (χ0n) is 21.7. The van der Waals surface area contributed by atoms with E-state index in [0.29, 0.717) is 25.9 Å². The normalized spacial score (nSPS) is 16.8. The highest BCUT2D eigenvalue weighted by Gasteiger charge is 2.34. The zero-order valence-corrected chi connectivity index (χ0v) is 21.7. The van der Waals surface area contributed by atoms with Gasteiger partial charge in [-0.3, -0.25) is 4.79 Å². The molecule has 0 unspecified atom stereocenters. The summed E-state index contributed by atoms with van der Waals surface area (Å²) in [7, 11) is 0. The third-order valence-corrected chi connectivity index (χ3v) is 7.35. The number of nitrogens with zero attached hydrogens (tertiary/aromatic N) is 5. The number of rotatable bonds is 4. The van der Waals surface area contributed by atoms with Gasteiger partial charge in [0.2, 0.25) is 5.91 Å². The standard InChI is InChI=1S/C16H19N3O2.C14H15N3/c1-13(20)18-9-6-16(21,7-10-18)14-2-4-15(5-3-14)19-11-8-17-12-19;1-3-14(17-10-9-16-11-17)4-2-12(1)13-5-7-15-8-6-13/h2-5,8,11-12,21H,6-7,9-10H2,1H3;1-5,9-11,15H,6-8H2. The molecule has 6 rings (SSSR count). The maximum Gasteiger partial charge on any atom is 0.219 e. The van der Waals surface area contributed by atoms with Gasteiger partial charge >= 0.3 is 0 Å². The lowest BCUT2D eigenvalue weighted by atomic mass is 9.84. The van der Waals surface area contributed by atoms with Crippen molar-refractivity contribution in [1.82, 2.24) is 29.3 Å². The van der Waals surface area contributed by atoms with Crippen LogP contribution in [0.1, 0.15) is 37.3 Å². The Kier molecular flexibility index (Phi) is 7.81. The Balaban J connectivity index is 0.000000158. The predicted molar refractivity (Wildman–Crippen MR) is 148 cm³/mol. The van der Waals surface area contributed by atoms with Crippen molar-refractivity contribution in [2.45, 2.75) is 31.8 Å². The van der Waals surface area contributed by atoms with E-state index < -0.39 is 5.60 Å². The van der Waals surface area contributed by atoms with Gasteiger partial charge in [0.05, 0.1) is 18.3 Å². The minimum Gasteiger partial charge on any atom is -0.385 e. The molecule has 2 aliphatic rings. The highest BCUT2D eigenvalue weighted by molar-refractivity contribution is 5.73. The molecular formula is C30H34N6O2. The number of hydrogen-bond acceptors (Lipinski definition) is 5. The molecule has 8 nitrogen and oxygen atoms in total. The molecule has 1 saturated heterocycles. The summed E-state index contributed by atoms with van der Waals surface area (Å²) in [4.78, 5) is 21.2. The predicted octanol–water partition coefficient (Wildman–Crippen LogP) is 3.95. The number of carbonyl (C=O) groups is 1. The fraction of sp³-hybridized carbons (Fsp3) is 0.300. The van der Waals surface area contributed by atoms with Crippen molar-refractivity contribution in [3.05, 3.63) is 103 Å². The smallest absolute Gasteiger partial charge is 0.219 e. The topological polar surface area (TPSA) is 88.2 Å². The quantitative estimate of drug-likeness (QED) is 0.434. The molecule has 0 radical (unpaired) electrons. The van der Waals surface area contributed by atoms with Crippen LogP contribution < -0.4 is 5.32 Å². The first kappa shape index (κ1) is 25.6. The van der Waals surface area contributed by atoms with Crippen LogP contribution in [0.3, 0.4) is 0 Å². The van der Waals surface area contributed by atoms with Crippen molar-refractivity contribution in [3.63, 3.8) is 0 Å². The van der Waals surface area contributed by atoms with E-state index in [-0.39, 0.29) is 5.91 Å². The van der Waals surface area contributed by atoms with Crippen LogP contribution in [0.2, 0.25) is 0 Å². The highest BCUT2D eigenvalue weighted by atomic mass is 16.3. The van der Waals surface area contributed by atoms with E-state index in [0.717, 1.165) is 36.4 Å². The Morgan fingerprint density at radius 2 is 1.47 bits per heavy atom. The molecule has 0 bridgehead atoms. The number of piperidine rings is 1. The molecule has 196 valence electrons. The van der Waals surface area contributed by atoms with Gasteiger partial charge in [-0.25, -0.2) is 9.97 Å². The Labute approximate surface area is 223 Å². The summed E-state index contributed by atoms with van der Waals surface area (Å²) in [6, 6.07) is 16.5. The molecule has 0 aliphatic carbocycles. The second-order valence-electron chi connectivity index (χ2n) is 9.75. The lowest BCUT2D eigenvalue weighted by Crippen LogP contribution is -2.44. The average molecular weight is 511 g/mol. The van der Waals surface area contributed by atoms with Gasteiger partial charge in [-0.15, -0.1) is 0 Å². The van der Waals surface area contributed by atoms with E-state index in [9.17, 15) is 9.90 Å².